The van der Waals surface area contributed by atoms with Crippen molar-refractivity contribution in [2.75, 3.05) is 13.1 Å². The molecule has 124 valence electrons. The lowest BCUT2D eigenvalue weighted by atomic mass is 10.1. The molecule has 0 radical (unpaired) electrons. The minimum absolute atomic E-state index is 0.0405. The van der Waals surface area contributed by atoms with E-state index < -0.39 is 0 Å². The molecule has 0 saturated carbocycles. The van der Waals surface area contributed by atoms with Gasteiger partial charge in [0.15, 0.2) is 5.96 Å². The standard InChI is InChI=1S/C17H24N4OS/c1-3-18-17(19-9-8-16-12-23-13(2)21-16)20-10-14-6-4-5-7-15(14)11-22/h4-7,12,22H,3,8-11H2,1-2H3,(H2,18,19,20). The first-order valence-corrected chi connectivity index (χ1v) is 8.71. The summed E-state index contributed by atoms with van der Waals surface area (Å²) in [6, 6.07) is 7.82. The molecule has 0 aliphatic heterocycles. The largest absolute Gasteiger partial charge is 0.392 e. The second-order valence-electron chi connectivity index (χ2n) is 5.16. The maximum Gasteiger partial charge on any atom is 0.191 e. The normalized spacial score (nSPS) is 11.5. The van der Waals surface area contributed by atoms with Crippen molar-refractivity contribution in [1.82, 2.24) is 15.6 Å². The first-order chi connectivity index (χ1) is 11.2. The van der Waals surface area contributed by atoms with Crippen molar-refractivity contribution in [2.45, 2.75) is 33.4 Å². The first kappa shape index (κ1) is 17.4. The number of hydrogen-bond acceptors (Lipinski definition) is 4. The van der Waals surface area contributed by atoms with Crippen molar-refractivity contribution in [1.29, 1.82) is 0 Å². The number of aliphatic hydroxyl groups is 1. The summed E-state index contributed by atoms with van der Waals surface area (Å²) in [5.74, 6) is 0.784. The van der Waals surface area contributed by atoms with Gasteiger partial charge >= 0.3 is 0 Å². The van der Waals surface area contributed by atoms with Gasteiger partial charge < -0.3 is 15.7 Å². The van der Waals surface area contributed by atoms with Crippen LogP contribution in [0.2, 0.25) is 0 Å². The number of thiazole rings is 1. The van der Waals surface area contributed by atoms with Crippen LogP contribution in [-0.2, 0) is 19.6 Å². The van der Waals surface area contributed by atoms with E-state index in [1.807, 2.05) is 38.1 Å². The number of nitrogens with one attached hydrogen (secondary N) is 2. The van der Waals surface area contributed by atoms with Gasteiger partial charge in [0.2, 0.25) is 0 Å². The Hall–Kier alpha value is -1.92. The lowest BCUT2D eigenvalue weighted by Crippen LogP contribution is -2.38. The number of aromatic nitrogens is 1. The van der Waals surface area contributed by atoms with Crippen LogP contribution in [0.3, 0.4) is 0 Å². The Kier molecular flexibility index (Phi) is 7.03. The molecule has 6 heteroatoms. The lowest BCUT2D eigenvalue weighted by molar-refractivity contribution is 0.280. The third-order valence-corrected chi connectivity index (χ3v) is 4.20. The summed E-state index contributed by atoms with van der Waals surface area (Å²) in [5, 5.41) is 19.1. The molecule has 0 fully saturated rings. The number of benzene rings is 1. The highest BCUT2D eigenvalue weighted by atomic mass is 32.1. The van der Waals surface area contributed by atoms with Crippen molar-refractivity contribution < 1.29 is 5.11 Å². The van der Waals surface area contributed by atoms with E-state index in [-0.39, 0.29) is 6.61 Å². The lowest BCUT2D eigenvalue weighted by Gasteiger charge is -2.11. The quantitative estimate of drug-likeness (QED) is 0.537. The Morgan fingerprint density at radius 2 is 2.04 bits per heavy atom. The Labute approximate surface area is 141 Å². The van der Waals surface area contributed by atoms with Crippen molar-refractivity contribution in [3.05, 3.63) is 51.5 Å². The third-order valence-electron chi connectivity index (χ3n) is 3.38. The van der Waals surface area contributed by atoms with Crippen LogP contribution in [0, 0.1) is 6.92 Å². The predicted molar refractivity (Wildman–Crippen MR) is 95.7 cm³/mol. The Balaban J connectivity index is 1.91. The topological polar surface area (TPSA) is 69.5 Å². The SMILES string of the molecule is CCNC(=NCc1ccccc1CO)NCCc1csc(C)n1. The minimum Gasteiger partial charge on any atom is -0.392 e. The molecule has 1 heterocycles. The highest BCUT2D eigenvalue weighted by molar-refractivity contribution is 7.09. The van der Waals surface area contributed by atoms with E-state index in [1.165, 1.54) is 0 Å². The molecule has 2 rings (SSSR count). The number of aryl methyl sites for hydroxylation is 1. The molecule has 0 amide bonds. The van der Waals surface area contributed by atoms with Crippen LogP contribution in [0.1, 0.15) is 28.8 Å². The van der Waals surface area contributed by atoms with Crippen molar-refractivity contribution in [2.24, 2.45) is 4.99 Å². The van der Waals surface area contributed by atoms with Crippen LogP contribution in [0.25, 0.3) is 0 Å². The Morgan fingerprint density at radius 3 is 2.70 bits per heavy atom. The van der Waals surface area contributed by atoms with Gasteiger partial charge in [-0.25, -0.2) is 9.98 Å². The Bertz CT molecular complexity index is 639. The second-order valence-corrected chi connectivity index (χ2v) is 6.22. The summed E-state index contributed by atoms with van der Waals surface area (Å²) in [4.78, 5) is 9.05. The van der Waals surface area contributed by atoms with E-state index >= 15 is 0 Å². The highest BCUT2D eigenvalue weighted by Gasteiger charge is 2.03. The van der Waals surface area contributed by atoms with Gasteiger partial charge in [-0.05, 0) is 25.0 Å². The van der Waals surface area contributed by atoms with E-state index in [0.717, 1.165) is 47.3 Å². The summed E-state index contributed by atoms with van der Waals surface area (Å²) >= 11 is 1.68. The number of hydrogen-bond donors (Lipinski definition) is 3. The smallest absolute Gasteiger partial charge is 0.191 e. The molecule has 0 aliphatic carbocycles. The summed E-state index contributed by atoms with van der Waals surface area (Å²) in [5.41, 5.74) is 3.08. The zero-order valence-electron chi connectivity index (χ0n) is 13.7. The van der Waals surface area contributed by atoms with Gasteiger partial charge in [0, 0.05) is 24.9 Å². The number of aliphatic hydroxyl groups excluding tert-OH is 1. The molecule has 0 bridgehead atoms. The van der Waals surface area contributed by atoms with Crippen molar-refractivity contribution in [3.63, 3.8) is 0 Å². The fourth-order valence-corrected chi connectivity index (χ4v) is 2.85. The first-order valence-electron chi connectivity index (χ1n) is 7.83. The van der Waals surface area contributed by atoms with Crippen LogP contribution < -0.4 is 10.6 Å². The zero-order valence-corrected chi connectivity index (χ0v) is 14.5. The van der Waals surface area contributed by atoms with Crippen molar-refractivity contribution in [3.8, 4) is 0 Å². The number of rotatable bonds is 7. The molecule has 0 unspecified atom stereocenters. The molecule has 0 saturated heterocycles. The van der Waals surface area contributed by atoms with Gasteiger partial charge in [-0.15, -0.1) is 11.3 Å². The number of guanidine groups is 1. The van der Waals surface area contributed by atoms with Crippen LogP contribution in [0.15, 0.2) is 34.6 Å². The maximum atomic E-state index is 9.37. The summed E-state index contributed by atoms with van der Waals surface area (Å²) in [7, 11) is 0. The average Bonchev–Trinajstić information content (AvgIpc) is 2.98. The van der Waals surface area contributed by atoms with Gasteiger partial charge in [0.1, 0.15) is 0 Å². The van der Waals surface area contributed by atoms with Crippen molar-refractivity contribution >= 4 is 17.3 Å². The predicted octanol–water partition coefficient (Wildman–Crippen LogP) is 2.24. The molecular formula is C17H24N4OS. The maximum absolute atomic E-state index is 9.37. The van der Waals surface area contributed by atoms with E-state index in [0.29, 0.717) is 6.54 Å². The summed E-state index contributed by atoms with van der Waals surface area (Å²) in [6.45, 7) is 6.25. The molecule has 23 heavy (non-hydrogen) atoms. The molecule has 5 nitrogen and oxygen atoms in total. The number of aliphatic imine (C=N–C) groups is 1. The second kappa shape index (κ2) is 9.27. The van der Waals surface area contributed by atoms with Gasteiger partial charge in [0.05, 0.1) is 23.9 Å². The molecule has 0 aliphatic rings. The fraction of sp³-hybridized carbons (Fsp3) is 0.412. The van der Waals surface area contributed by atoms with Gasteiger partial charge in [-0.2, -0.15) is 0 Å². The van der Waals surface area contributed by atoms with Crippen LogP contribution in [0.5, 0.6) is 0 Å². The van der Waals surface area contributed by atoms with E-state index in [1.54, 1.807) is 11.3 Å². The molecule has 0 spiro atoms. The van der Waals surface area contributed by atoms with Crippen LogP contribution in [0.4, 0.5) is 0 Å². The summed E-state index contributed by atoms with van der Waals surface area (Å²) in [6.07, 6.45) is 0.877. The summed E-state index contributed by atoms with van der Waals surface area (Å²) < 4.78 is 0. The average molecular weight is 332 g/mol. The van der Waals surface area contributed by atoms with E-state index in [2.05, 4.69) is 26.0 Å². The minimum atomic E-state index is 0.0405. The highest BCUT2D eigenvalue weighted by Crippen LogP contribution is 2.10. The van der Waals surface area contributed by atoms with E-state index in [4.69, 9.17) is 0 Å². The number of nitrogens with zero attached hydrogens (tertiary/aromatic N) is 2. The zero-order chi connectivity index (χ0) is 16.5. The molecule has 0 atom stereocenters. The Morgan fingerprint density at radius 1 is 1.26 bits per heavy atom. The van der Waals surface area contributed by atoms with Crippen LogP contribution >= 0.6 is 11.3 Å². The molecule has 2 aromatic rings. The molecular weight excluding hydrogens is 308 g/mol. The third kappa shape index (κ3) is 5.65. The van der Waals surface area contributed by atoms with Crippen LogP contribution in [-0.4, -0.2) is 29.1 Å². The molecule has 1 aromatic carbocycles. The van der Waals surface area contributed by atoms with Gasteiger partial charge in [-0.1, -0.05) is 24.3 Å². The van der Waals surface area contributed by atoms with E-state index in [9.17, 15) is 5.11 Å². The molecule has 1 aromatic heterocycles. The van der Waals surface area contributed by atoms with Gasteiger partial charge in [0.25, 0.3) is 0 Å². The fourth-order valence-electron chi connectivity index (χ4n) is 2.20. The van der Waals surface area contributed by atoms with Gasteiger partial charge in [-0.3, -0.25) is 0 Å². The molecule has 3 N–H and O–H groups in total. The monoisotopic (exact) mass is 332 g/mol.